The molecule has 0 atom stereocenters. The Morgan fingerprint density at radius 1 is 1.17 bits per heavy atom. The molecular formula is C18H20N4O2. The van der Waals surface area contributed by atoms with Crippen LogP contribution in [0.25, 0.3) is 5.69 Å². The Morgan fingerprint density at radius 3 is 2.50 bits per heavy atom. The molecular weight excluding hydrogens is 304 g/mol. The van der Waals surface area contributed by atoms with Crippen molar-refractivity contribution in [3.05, 3.63) is 42.0 Å². The fraction of sp³-hybridized carbons (Fsp3) is 0.389. The minimum Gasteiger partial charge on any atom is -0.476 e. The van der Waals surface area contributed by atoms with Crippen molar-refractivity contribution in [2.45, 2.75) is 32.1 Å². The molecule has 24 heavy (non-hydrogen) atoms. The predicted octanol–water partition coefficient (Wildman–Crippen LogP) is 3.21. The molecule has 1 fully saturated rings. The zero-order valence-electron chi connectivity index (χ0n) is 13.5. The molecule has 1 saturated heterocycles. The average Bonchev–Trinajstić information content (AvgIpc) is 3.04. The van der Waals surface area contributed by atoms with Crippen LogP contribution in [0.5, 0.6) is 0 Å². The fourth-order valence-corrected chi connectivity index (χ4v) is 3.11. The van der Waals surface area contributed by atoms with E-state index in [0.717, 1.165) is 37.3 Å². The van der Waals surface area contributed by atoms with Gasteiger partial charge >= 0.3 is 5.97 Å². The van der Waals surface area contributed by atoms with Crippen LogP contribution in [0.15, 0.2) is 30.7 Å². The van der Waals surface area contributed by atoms with E-state index in [0.29, 0.717) is 5.56 Å². The van der Waals surface area contributed by atoms with Crippen molar-refractivity contribution in [1.82, 2.24) is 9.55 Å². The molecule has 1 aromatic carbocycles. The van der Waals surface area contributed by atoms with Gasteiger partial charge in [-0.25, -0.2) is 9.78 Å². The summed E-state index contributed by atoms with van der Waals surface area (Å²) >= 11 is 0. The summed E-state index contributed by atoms with van der Waals surface area (Å²) in [4.78, 5) is 17.1. The first-order valence-corrected chi connectivity index (χ1v) is 8.26. The van der Waals surface area contributed by atoms with Crippen LogP contribution in [0, 0.1) is 11.3 Å². The van der Waals surface area contributed by atoms with E-state index < -0.39 is 5.97 Å². The van der Waals surface area contributed by atoms with Gasteiger partial charge < -0.3 is 14.6 Å². The number of carboxylic acid groups (broad SMARTS) is 1. The van der Waals surface area contributed by atoms with Crippen molar-refractivity contribution >= 4 is 11.7 Å². The molecule has 0 radical (unpaired) electrons. The number of aromatic carboxylic acids is 1. The van der Waals surface area contributed by atoms with Crippen LogP contribution >= 0.6 is 0 Å². The van der Waals surface area contributed by atoms with E-state index in [-0.39, 0.29) is 5.69 Å². The Bertz CT molecular complexity index is 768. The number of benzene rings is 1. The molecule has 0 spiro atoms. The molecule has 0 unspecified atom stereocenters. The molecule has 0 aliphatic carbocycles. The number of hydrogen-bond donors (Lipinski definition) is 1. The van der Waals surface area contributed by atoms with Gasteiger partial charge in [0.1, 0.15) is 12.4 Å². The van der Waals surface area contributed by atoms with Crippen LogP contribution in [0.2, 0.25) is 0 Å². The van der Waals surface area contributed by atoms with Crippen molar-refractivity contribution in [1.29, 1.82) is 5.26 Å². The van der Waals surface area contributed by atoms with Crippen LogP contribution in [-0.2, 0) is 0 Å². The fourth-order valence-electron chi connectivity index (χ4n) is 3.11. The lowest BCUT2D eigenvalue weighted by molar-refractivity contribution is 0.0691. The molecule has 1 aliphatic heterocycles. The number of nitriles is 1. The number of anilines is 1. The lowest BCUT2D eigenvalue weighted by Crippen LogP contribution is -2.27. The van der Waals surface area contributed by atoms with Gasteiger partial charge in [-0.3, -0.25) is 0 Å². The maximum atomic E-state index is 11.0. The largest absolute Gasteiger partial charge is 0.476 e. The smallest absolute Gasteiger partial charge is 0.356 e. The summed E-state index contributed by atoms with van der Waals surface area (Å²) in [7, 11) is 0. The molecule has 6 heteroatoms. The summed E-state index contributed by atoms with van der Waals surface area (Å²) in [5.74, 6) is -1.06. The van der Waals surface area contributed by atoms with Gasteiger partial charge in [0.25, 0.3) is 0 Å². The lowest BCUT2D eigenvalue weighted by Gasteiger charge is -2.28. The van der Waals surface area contributed by atoms with Gasteiger partial charge in [-0.05, 0) is 31.0 Å². The molecule has 0 bridgehead atoms. The molecule has 0 saturated carbocycles. The highest BCUT2D eigenvalue weighted by Crippen LogP contribution is 2.25. The number of imidazole rings is 1. The summed E-state index contributed by atoms with van der Waals surface area (Å²) in [6, 6.07) is 7.93. The number of carboxylic acids is 1. The van der Waals surface area contributed by atoms with Crippen LogP contribution < -0.4 is 4.90 Å². The van der Waals surface area contributed by atoms with E-state index in [9.17, 15) is 10.1 Å². The van der Waals surface area contributed by atoms with Crippen molar-refractivity contribution in [2.75, 3.05) is 18.0 Å². The first-order chi connectivity index (χ1) is 11.7. The highest BCUT2D eigenvalue weighted by molar-refractivity contribution is 5.85. The third-order valence-electron chi connectivity index (χ3n) is 4.40. The molecule has 1 N–H and O–H groups in total. The molecule has 6 nitrogen and oxygen atoms in total. The molecule has 1 aliphatic rings. The summed E-state index contributed by atoms with van der Waals surface area (Å²) in [6.45, 7) is 1.95. The van der Waals surface area contributed by atoms with Gasteiger partial charge in [0.2, 0.25) is 0 Å². The highest BCUT2D eigenvalue weighted by Gasteiger charge is 2.15. The van der Waals surface area contributed by atoms with E-state index in [1.54, 1.807) is 10.6 Å². The maximum Gasteiger partial charge on any atom is 0.356 e. The Labute approximate surface area is 141 Å². The molecule has 1 aromatic heterocycles. The predicted molar refractivity (Wildman–Crippen MR) is 90.5 cm³/mol. The third kappa shape index (κ3) is 3.40. The zero-order chi connectivity index (χ0) is 16.9. The quantitative estimate of drug-likeness (QED) is 0.937. The van der Waals surface area contributed by atoms with E-state index >= 15 is 0 Å². The number of carbonyl (C=O) groups is 1. The van der Waals surface area contributed by atoms with Gasteiger partial charge in [0, 0.05) is 25.0 Å². The van der Waals surface area contributed by atoms with Gasteiger partial charge in [0.15, 0.2) is 5.69 Å². The van der Waals surface area contributed by atoms with Gasteiger partial charge in [-0.1, -0.05) is 19.3 Å². The SMILES string of the molecule is N#Cc1cc(-n2cnc(C(=O)O)c2)ccc1N1CCCCCCC1. The van der Waals surface area contributed by atoms with Gasteiger partial charge in [-0.2, -0.15) is 5.26 Å². The molecule has 2 aromatic rings. The minimum absolute atomic E-state index is 0.0126. The molecule has 3 rings (SSSR count). The van der Waals surface area contributed by atoms with E-state index in [4.69, 9.17) is 5.11 Å². The second-order valence-corrected chi connectivity index (χ2v) is 6.04. The first kappa shape index (κ1) is 16.1. The highest BCUT2D eigenvalue weighted by atomic mass is 16.4. The minimum atomic E-state index is -1.06. The number of nitrogens with zero attached hydrogens (tertiary/aromatic N) is 4. The van der Waals surface area contributed by atoms with E-state index in [1.807, 2.05) is 12.1 Å². The van der Waals surface area contributed by atoms with Crippen LogP contribution in [0.4, 0.5) is 5.69 Å². The monoisotopic (exact) mass is 324 g/mol. The second-order valence-electron chi connectivity index (χ2n) is 6.04. The number of hydrogen-bond acceptors (Lipinski definition) is 4. The van der Waals surface area contributed by atoms with E-state index in [2.05, 4.69) is 16.0 Å². The number of rotatable bonds is 3. The van der Waals surface area contributed by atoms with Crippen molar-refractivity contribution in [3.8, 4) is 11.8 Å². The normalized spacial score (nSPS) is 15.4. The maximum absolute atomic E-state index is 11.0. The lowest BCUT2D eigenvalue weighted by atomic mass is 10.1. The zero-order valence-corrected chi connectivity index (χ0v) is 13.5. The Morgan fingerprint density at radius 2 is 1.88 bits per heavy atom. The Kier molecular flexibility index (Phi) is 4.80. The van der Waals surface area contributed by atoms with Crippen molar-refractivity contribution in [2.24, 2.45) is 0 Å². The molecule has 0 amide bonds. The number of aromatic nitrogens is 2. The first-order valence-electron chi connectivity index (χ1n) is 8.26. The Balaban J connectivity index is 1.89. The van der Waals surface area contributed by atoms with Crippen LogP contribution in [0.3, 0.4) is 0 Å². The van der Waals surface area contributed by atoms with Crippen LogP contribution in [-0.4, -0.2) is 33.7 Å². The van der Waals surface area contributed by atoms with Crippen molar-refractivity contribution in [3.63, 3.8) is 0 Å². The van der Waals surface area contributed by atoms with Gasteiger partial charge in [-0.15, -0.1) is 0 Å². The standard InChI is InChI=1S/C18H20N4O2/c19-11-14-10-15(22-12-16(18(23)24)20-13-22)6-7-17(14)21-8-4-2-1-3-5-9-21/h6-7,10,12-13H,1-5,8-9H2,(H,23,24). The second kappa shape index (κ2) is 7.18. The topological polar surface area (TPSA) is 82.1 Å². The van der Waals surface area contributed by atoms with Crippen LogP contribution in [0.1, 0.15) is 48.2 Å². The summed E-state index contributed by atoms with van der Waals surface area (Å²) in [5.41, 5.74) is 2.30. The Hall–Kier alpha value is -2.81. The van der Waals surface area contributed by atoms with Gasteiger partial charge in [0.05, 0.1) is 11.3 Å². The van der Waals surface area contributed by atoms with E-state index in [1.165, 1.54) is 31.8 Å². The van der Waals surface area contributed by atoms with Crippen molar-refractivity contribution < 1.29 is 9.90 Å². The molecule has 2 heterocycles. The third-order valence-corrected chi connectivity index (χ3v) is 4.40. The average molecular weight is 324 g/mol. The molecule has 124 valence electrons. The summed E-state index contributed by atoms with van der Waals surface area (Å²) < 4.78 is 1.63. The summed E-state index contributed by atoms with van der Waals surface area (Å²) in [6.07, 6.45) is 8.98. The summed E-state index contributed by atoms with van der Waals surface area (Å²) in [5, 5.41) is 18.5.